The van der Waals surface area contributed by atoms with Crippen molar-refractivity contribution >= 4 is 218 Å². The third kappa shape index (κ3) is 21.6. The summed E-state index contributed by atoms with van der Waals surface area (Å²) >= 11 is -1.55. The van der Waals surface area contributed by atoms with E-state index in [0.717, 1.165) is 0 Å². The van der Waals surface area contributed by atoms with Crippen LogP contribution in [-0.2, 0) is 0 Å². The maximum atomic E-state index is 3.51. The van der Waals surface area contributed by atoms with Gasteiger partial charge in [-0.05, 0) is 0 Å². The van der Waals surface area contributed by atoms with Gasteiger partial charge in [0.05, 0.1) is 0 Å². The fourth-order valence-corrected chi connectivity index (χ4v) is 30.2. The Hall–Kier alpha value is -5.10. The van der Waals surface area contributed by atoms with E-state index in [4.69, 9.17) is 0 Å². The quantitative estimate of drug-likeness (QED) is 0.0687. The van der Waals surface area contributed by atoms with Gasteiger partial charge < -0.3 is 0 Å². The minimum atomic E-state index is -0.193. The van der Waals surface area contributed by atoms with Crippen LogP contribution in [0.15, 0.2) is 194 Å². The van der Waals surface area contributed by atoms with Crippen molar-refractivity contribution in [1.82, 2.24) is 0 Å². The van der Waals surface area contributed by atoms with Gasteiger partial charge in [0.15, 0.2) is 0 Å². The van der Waals surface area contributed by atoms with Crippen molar-refractivity contribution in [2.75, 3.05) is 65.0 Å². The van der Waals surface area contributed by atoms with Crippen LogP contribution in [0, 0.1) is 0 Å². The molecule has 544 valence electrons. The fraction of sp³-hybridized carbons (Fsp3) is 0.400. The van der Waals surface area contributed by atoms with Crippen molar-refractivity contribution in [2.24, 2.45) is 0 Å². The molecule has 0 saturated heterocycles. The summed E-state index contributed by atoms with van der Waals surface area (Å²) in [5.74, 6) is 0. The molecule has 8 aliphatic heterocycles. The second kappa shape index (κ2) is 34.6. The molecular weight excluding hydrogens is 1770 g/mol. The normalized spacial score (nSPS) is 15.5. The van der Waals surface area contributed by atoms with Gasteiger partial charge in [-0.1, -0.05) is 0 Å². The van der Waals surface area contributed by atoms with Crippen molar-refractivity contribution in [3.8, 4) is 0 Å². The fourth-order valence-electron chi connectivity index (χ4n) is 11.8. The molecule has 8 N–H and O–H groups in total. The van der Waals surface area contributed by atoms with Crippen LogP contribution < -0.4 is 65.0 Å². The summed E-state index contributed by atoms with van der Waals surface area (Å²) in [6, 6.07) is 68.4. The number of nitrogens with one attached hydrogen (secondary N) is 8. The second-order valence-electron chi connectivity index (χ2n) is 34.1. The number of anilines is 16. The number of para-hydroxylation sites is 16. The third-order valence-electron chi connectivity index (χ3n) is 16.9. The molecule has 8 heterocycles. The van der Waals surface area contributed by atoms with E-state index in [1.54, 1.807) is 0 Å². The summed E-state index contributed by atoms with van der Waals surface area (Å²) in [7, 11) is 0. The van der Waals surface area contributed by atoms with E-state index >= 15 is 0 Å². The van der Waals surface area contributed by atoms with E-state index in [1.807, 2.05) is 0 Å². The first-order chi connectivity index (χ1) is 48.7. The van der Waals surface area contributed by atoms with Gasteiger partial charge in [-0.3, -0.25) is 0 Å². The average Bonchev–Trinajstić information content (AvgIpc) is 1.72. The molecule has 104 heavy (non-hydrogen) atoms. The van der Waals surface area contributed by atoms with Gasteiger partial charge in [0.25, 0.3) is 0 Å². The molecule has 8 aliphatic rings. The Kier molecular flexibility index (Phi) is 27.6. The number of rotatable bonds is 0. The summed E-state index contributed by atoms with van der Waals surface area (Å²) < 4.78 is 48.1. The Bertz CT molecular complexity index is 3320. The summed E-state index contributed by atoms with van der Waals surface area (Å²) in [6.07, 6.45) is 0. The zero-order chi connectivity index (χ0) is 75.8. The van der Waals surface area contributed by atoms with Gasteiger partial charge in [0.2, 0.25) is 0 Å². The van der Waals surface area contributed by atoms with Crippen LogP contribution in [0.3, 0.4) is 0 Å². The molecule has 24 heteroatoms. The summed E-state index contributed by atoms with van der Waals surface area (Å²) in [4.78, 5) is 0. The van der Waals surface area contributed by atoms with Crippen molar-refractivity contribution < 1.29 is 0 Å². The Balaban J connectivity index is 0.000000138. The van der Waals surface area contributed by atoms with E-state index in [1.165, 1.54) is 91.0 Å². The van der Waals surface area contributed by atoms with Gasteiger partial charge in [-0.2, -0.15) is 0 Å². The van der Waals surface area contributed by atoms with Gasteiger partial charge in [-0.15, -0.1) is 0 Å². The van der Waals surface area contributed by atoms with Crippen molar-refractivity contribution in [2.45, 2.75) is 210 Å². The van der Waals surface area contributed by atoms with Crippen LogP contribution in [0.5, 0.6) is 0 Å². The Morgan fingerprint density at radius 1 is 0.154 bits per heavy atom. The van der Waals surface area contributed by atoms with Crippen LogP contribution in [0.1, 0.15) is 166 Å². The molecular formula is C80H112Ge8N16. The monoisotopic (exact) mass is 1890 g/mol. The first kappa shape index (κ1) is 83.0. The van der Waals surface area contributed by atoms with E-state index in [0.29, 0.717) is 0 Å². The summed E-state index contributed by atoms with van der Waals surface area (Å²) in [5, 5.41) is 0. The van der Waals surface area contributed by atoms with E-state index in [9.17, 15) is 0 Å². The number of hydrogen-bond donors (Lipinski definition) is 8. The van der Waals surface area contributed by atoms with E-state index in [-0.39, 0.29) is 171 Å². The topological polar surface area (TPSA) is 122 Å². The standard InChI is InChI=1S/8C10H14GeN2/c8*1-10(2,3)13-9-7-5-4-6-8(9)12-11-13/h8*4-7,12H,1-3H3. The Labute approximate surface area is 680 Å². The van der Waals surface area contributed by atoms with Crippen molar-refractivity contribution in [3.05, 3.63) is 194 Å². The van der Waals surface area contributed by atoms with E-state index < -0.39 is 0 Å². The minimum absolute atomic E-state index is 0.193. The number of fused-ring (bicyclic) bond motifs is 8. The second-order valence-corrected chi connectivity index (χ2v) is 49.5. The molecule has 0 bridgehead atoms. The molecule has 8 aromatic carbocycles. The molecule has 0 aromatic heterocycles. The van der Waals surface area contributed by atoms with Crippen LogP contribution in [0.2, 0.25) is 0 Å². The predicted octanol–water partition coefficient (Wildman–Crippen LogP) is 18.0. The SMILES string of the molecule is CC(C)(C)[N]1[Ge][NH]c2ccccc21.CC(C)(C)[N]1[Ge][NH]c2ccccc21.CC(C)(C)[N]1[Ge][NH]c2ccccc21.CC(C)(C)[N]1[Ge][NH]c2ccccc21.CC(C)(C)[N]1[Ge][NH]c2ccccc21.CC(C)(C)[N]1[Ge][NH]c2ccccc21.CC(C)(C)[N]1[Ge][NH]c2ccccc21.CC(C)(C)[N]1[Ge][NH]c2ccccc21. The average molecular weight is 1880 g/mol. The van der Waals surface area contributed by atoms with Gasteiger partial charge in [0.1, 0.15) is 0 Å². The molecule has 0 unspecified atom stereocenters. The zero-order valence-corrected chi connectivity index (χ0v) is 82.8. The molecule has 0 aliphatic carbocycles. The molecule has 16 nitrogen and oxygen atoms in total. The third-order valence-corrected chi connectivity index (χ3v) is 42.4. The van der Waals surface area contributed by atoms with Crippen LogP contribution in [0.25, 0.3) is 0 Å². The number of benzene rings is 8. The summed E-state index contributed by atoms with van der Waals surface area (Å²) in [6.45, 7) is 54.3. The Morgan fingerprint density at radius 2 is 0.240 bits per heavy atom. The van der Waals surface area contributed by atoms with Crippen LogP contribution >= 0.6 is 0 Å². The molecule has 0 spiro atoms. The molecule has 16 rings (SSSR count). The zero-order valence-electron chi connectivity index (χ0n) is 66.1. The van der Waals surface area contributed by atoms with Gasteiger partial charge >= 0.3 is 688 Å². The Morgan fingerprint density at radius 3 is 0.327 bits per heavy atom. The van der Waals surface area contributed by atoms with Gasteiger partial charge in [-0.25, -0.2) is 0 Å². The maximum absolute atomic E-state index is 3.51. The molecule has 8 aromatic rings. The summed E-state index contributed by atoms with van der Waals surface area (Å²) in [5.41, 5.74) is 23.4. The van der Waals surface area contributed by atoms with Crippen molar-refractivity contribution in [3.63, 3.8) is 0 Å². The molecule has 0 atom stereocenters. The predicted molar refractivity (Wildman–Crippen MR) is 464 cm³/mol. The molecule has 16 radical (unpaired) electrons. The van der Waals surface area contributed by atoms with Crippen molar-refractivity contribution in [1.29, 1.82) is 0 Å². The molecule has 0 amide bonds. The van der Waals surface area contributed by atoms with Crippen LogP contribution in [0.4, 0.5) is 91.0 Å². The van der Waals surface area contributed by atoms with Gasteiger partial charge in [0, 0.05) is 0 Å². The van der Waals surface area contributed by atoms with E-state index in [2.05, 4.69) is 425 Å². The molecule has 0 fully saturated rings. The molecule has 0 saturated carbocycles. The number of nitrogens with zero attached hydrogens (tertiary/aromatic N) is 8. The first-order valence-corrected chi connectivity index (χ1v) is 51.9. The number of hydrogen-bond acceptors (Lipinski definition) is 16. The first-order valence-electron chi connectivity index (χ1n) is 36.0. The van der Waals surface area contributed by atoms with Crippen LogP contribution in [-0.4, -0.2) is 171 Å².